The number of benzene rings is 5. The van der Waals surface area contributed by atoms with Gasteiger partial charge in [0.05, 0.1) is 10.9 Å². The predicted molar refractivity (Wildman–Crippen MR) is 158 cm³/mol. The second kappa shape index (κ2) is 12.1. The molecule has 0 unspecified atom stereocenters. The Kier molecular flexibility index (Phi) is 7.91. The highest BCUT2D eigenvalue weighted by atomic mass is 31.2. The van der Waals surface area contributed by atoms with Gasteiger partial charge in [0.15, 0.2) is 24.5 Å². The maximum atomic E-state index is 16.6. The van der Waals surface area contributed by atoms with Crippen LogP contribution in [0.5, 0.6) is 23.5 Å². The minimum Gasteiger partial charge on any atom is -0.424 e. The molecule has 1 heterocycles. The van der Waals surface area contributed by atoms with Crippen molar-refractivity contribution in [1.82, 2.24) is 15.0 Å². The van der Waals surface area contributed by atoms with E-state index >= 15 is 8.78 Å². The fourth-order valence-corrected chi connectivity index (χ4v) is 7.24. The lowest BCUT2D eigenvalue weighted by atomic mass is 10.2. The largest absolute Gasteiger partial charge is 0.424 e. The molecule has 0 bridgehead atoms. The van der Waals surface area contributed by atoms with Crippen molar-refractivity contribution in [2.24, 2.45) is 0 Å². The van der Waals surface area contributed by atoms with Crippen LogP contribution in [-0.2, 0) is 4.57 Å². The maximum absolute atomic E-state index is 16.6. The van der Waals surface area contributed by atoms with Crippen LogP contribution in [0.1, 0.15) is 0 Å². The molecule has 0 aliphatic rings. The molecule has 5 aromatic carbocycles. The summed E-state index contributed by atoms with van der Waals surface area (Å²) < 4.78 is 86.2. The van der Waals surface area contributed by atoms with Crippen LogP contribution < -0.4 is 25.4 Å². The van der Waals surface area contributed by atoms with Crippen molar-refractivity contribution in [1.29, 1.82) is 0 Å². The summed E-state index contributed by atoms with van der Waals surface area (Å²) >= 11 is 0. The van der Waals surface area contributed by atoms with E-state index < -0.39 is 47.7 Å². The maximum Gasteiger partial charge on any atom is 0.328 e. The fraction of sp³-hybridized carbons (Fsp3) is 0. The topological polar surface area (TPSA) is 74.2 Å². The van der Waals surface area contributed by atoms with Crippen molar-refractivity contribution < 1.29 is 31.6 Å². The standard InChI is InChI=1S/C33H20F4N3O3P/c34-21-15-17-22(18-16-21)42-32-38-31(39-33(40-32)43-28-14-8-7-13-26(28)35)25-19-20-27(36)30(29(25)37)44(41,23-9-3-1-4-10-23)24-11-5-2-6-12-24/h1-20H. The summed E-state index contributed by atoms with van der Waals surface area (Å²) in [5.74, 6) is -3.96. The van der Waals surface area contributed by atoms with Gasteiger partial charge in [-0.3, -0.25) is 0 Å². The third-order valence-electron chi connectivity index (χ3n) is 6.52. The molecule has 0 N–H and O–H groups in total. The van der Waals surface area contributed by atoms with Crippen LogP contribution in [0.15, 0.2) is 121 Å². The van der Waals surface area contributed by atoms with E-state index in [4.69, 9.17) is 9.47 Å². The Balaban J connectivity index is 1.53. The van der Waals surface area contributed by atoms with Gasteiger partial charge in [-0.05, 0) is 48.5 Å². The highest BCUT2D eigenvalue weighted by molar-refractivity contribution is 7.85. The summed E-state index contributed by atoms with van der Waals surface area (Å²) in [6, 6.07) is 27.6. The highest BCUT2D eigenvalue weighted by Gasteiger charge is 2.37. The van der Waals surface area contributed by atoms with Gasteiger partial charge >= 0.3 is 12.0 Å². The molecule has 0 amide bonds. The monoisotopic (exact) mass is 613 g/mol. The molecule has 0 aliphatic heterocycles. The van der Waals surface area contributed by atoms with Crippen molar-refractivity contribution in [2.45, 2.75) is 0 Å². The lowest BCUT2D eigenvalue weighted by Gasteiger charge is -2.22. The van der Waals surface area contributed by atoms with Gasteiger partial charge in [-0.1, -0.05) is 72.8 Å². The summed E-state index contributed by atoms with van der Waals surface area (Å²) in [6.45, 7) is 0. The summed E-state index contributed by atoms with van der Waals surface area (Å²) in [5, 5.41) is -0.258. The molecule has 6 aromatic rings. The molecular weight excluding hydrogens is 593 g/mol. The number of para-hydroxylation sites is 1. The Morgan fingerprint density at radius 2 is 1.11 bits per heavy atom. The molecule has 6 rings (SSSR count). The predicted octanol–water partition coefficient (Wildman–Crippen LogP) is 7.32. The van der Waals surface area contributed by atoms with Crippen molar-refractivity contribution in [3.63, 3.8) is 0 Å². The number of nitrogens with zero attached hydrogens (tertiary/aromatic N) is 3. The van der Waals surface area contributed by atoms with Gasteiger partial charge in [-0.25, -0.2) is 17.6 Å². The van der Waals surface area contributed by atoms with Gasteiger partial charge < -0.3 is 14.0 Å². The summed E-state index contributed by atoms with van der Waals surface area (Å²) in [7, 11) is -4.11. The van der Waals surface area contributed by atoms with Gasteiger partial charge in [0.2, 0.25) is 0 Å². The number of hydrogen-bond donors (Lipinski definition) is 0. The minimum atomic E-state index is -4.11. The Labute approximate surface area is 249 Å². The first-order chi connectivity index (χ1) is 21.3. The fourth-order valence-electron chi connectivity index (χ4n) is 4.47. The molecular formula is C33H20F4N3O3P. The van der Waals surface area contributed by atoms with E-state index in [2.05, 4.69) is 15.0 Å². The normalized spacial score (nSPS) is 11.3. The van der Waals surface area contributed by atoms with Crippen LogP contribution in [0, 0.1) is 23.3 Å². The number of hydrogen-bond acceptors (Lipinski definition) is 6. The second-order valence-electron chi connectivity index (χ2n) is 9.35. The molecule has 0 fully saturated rings. The number of ether oxygens (including phenoxy) is 2. The Morgan fingerprint density at radius 1 is 0.545 bits per heavy atom. The minimum absolute atomic E-state index is 0.123. The zero-order valence-electron chi connectivity index (χ0n) is 22.6. The third-order valence-corrected chi connectivity index (χ3v) is 9.61. The SMILES string of the molecule is O=P(c1ccccc1)(c1ccccc1)c1c(F)ccc(-c2nc(Oc3ccc(F)cc3)nc(Oc3ccccc3F)n2)c1F. The zero-order chi connectivity index (χ0) is 30.7. The average molecular weight is 614 g/mol. The van der Waals surface area contributed by atoms with Gasteiger partial charge in [-0.2, -0.15) is 9.97 Å². The molecule has 0 saturated heterocycles. The first-order valence-electron chi connectivity index (χ1n) is 13.1. The molecule has 0 saturated carbocycles. The van der Waals surface area contributed by atoms with Crippen LogP contribution in [0.3, 0.4) is 0 Å². The number of halogens is 4. The quantitative estimate of drug-likeness (QED) is 0.132. The van der Waals surface area contributed by atoms with E-state index in [-0.39, 0.29) is 33.5 Å². The summed E-state index contributed by atoms with van der Waals surface area (Å²) in [4.78, 5) is 12.4. The molecule has 0 spiro atoms. The Hall–Kier alpha value is -5.34. The van der Waals surface area contributed by atoms with Crippen LogP contribution in [0.25, 0.3) is 11.4 Å². The molecule has 218 valence electrons. The average Bonchev–Trinajstić information content (AvgIpc) is 3.04. The van der Waals surface area contributed by atoms with Crippen LogP contribution in [-0.4, -0.2) is 15.0 Å². The van der Waals surface area contributed by atoms with Gasteiger partial charge in [0.25, 0.3) is 0 Å². The van der Waals surface area contributed by atoms with Gasteiger partial charge in [0, 0.05) is 10.6 Å². The smallest absolute Gasteiger partial charge is 0.328 e. The van der Waals surface area contributed by atoms with E-state index in [0.717, 1.165) is 30.3 Å². The van der Waals surface area contributed by atoms with Crippen LogP contribution in [0.4, 0.5) is 17.6 Å². The summed E-state index contributed by atoms with van der Waals surface area (Å²) in [5.41, 5.74) is -0.349. The third kappa shape index (κ3) is 5.67. The van der Waals surface area contributed by atoms with Crippen molar-refractivity contribution in [2.75, 3.05) is 0 Å². The molecule has 11 heteroatoms. The van der Waals surface area contributed by atoms with E-state index in [0.29, 0.717) is 0 Å². The van der Waals surface area contributed by atoms with Crippen LogP contribution in [0.2, 0.25) is 0 Å². The molecule has 0 radical (unpaired) electrons. The second-order valence-corrected chi connectivity index (χ2v) is 12.0. The van der Waals surface area contributed by atoms with Crippen molar-refractivity contribution in [3.05, 3.63) is 145 Å². The van der Waals surface area contributed by atoms with Gasteiger partial charge in [0.1, 0.15) is 23.2 Å². The Bertz CT molecular complexity index is 1950. The lowest BCUT2D eigenvalue weighted by Crippen LogP contribution is -2.29. The van der Waals surface area contributed by atoms with Crippen LogP contribution >= 0.6 is 7.14 Å². The number of aromatic nitrogens is 3. The van der Waals surface area contributed by atoms with E-state index in [1.807, 2.05) is 0 Å². The summed E-state index contributed by atoms with van der Waals surface area (Å²) in [6.07, 6.45) is 0. The van der Waals surface area contributed by atoms with E-state index in [1.54, 1.807) is 36.4 Å². The van der Waals surface area contributed by atoms with E-state index in [9.17, 15) is 13.3 Å². The molecule has 0 atom stereocenters. The van der Waals surface area contributed by atoms with E-state index in [1.165, 1.54) is 54.6 Å². The highest BCUT2D eigenvalue weighted by Crippen LogP contribution is 2.45. The Morgan fingerprint density at radius 3 is 1.73 bits per heavy atom. The first-order valence-corrected chi connectivity index (χ1v) is 14.9. The van der Waals surface area contributed by atoms with Crippen molar-refractivity contribution >= 4 is 23.1 Å². The molecule has 0 aliphatic carbocycles. The number of rotatable bonds is 8. The zero-order valence-corrected chi connectivity index (χ0v) is 23.5. The first kappa shape index (κ1) is 28.8. The van der Waals surface area contributed by atoms with Gasteiger partial charge in [-0.15, -0.1) is 4.98 Å². The lowest BCUT2D eigenvalue weighted by molar-refractivity contribution is 0.383. The molecule has 6 nitrogen and oxygen atoms in total. The van der Waals surface area contributed by atoms with Crippen molar-refractivity contribution in [3.8, 4) is 34.9 Å². The molecule has 1 aromatic heterocycles. The molecule has 44 heavy (non-hydrogen) atoms.